The van der Waals surface area contributed by atoms with Crippen molar-refractivity contribution in [2.24, 2.45) is 0 Å². The minimum Gasteiger partial charge on any atom is -0.387 e. The number of carbonyl (C=O) groups is 1. The summed E-state index contributed by atoms with van der Waals surface area (Å²) in [5.74, 6) is -0.0169. The highest BCUT2D eigenvalue weighted by atomic mass is 16.1. The van der Waals surface area contributed by atoms with Gasteiger partial charge in [0.1, 0.15) is 0 Å². The monoisotopic (exact) mass is 192 g/mol. The lowest BCUT2D eigenvalue weighted by molar-refractivity contribution is 0.0954. The van der Waals surface area contributed by atoms with Crippen LogP contribution in [-0.2, 0) is 0 Å². The molecule has 0 heterocycles. The van der Waals surface area contributed by atoms with Crippen LogP contribution in [-0.4, -0.2) is 19.5 Å². The molecule has 0 fully saturated rings. The normalized spacial score (nSPS) is 9.57. The van der Waals surface area contributed by atoms with Gasteiger partial charge in [0.05, 0.1) is 5.56 Å². The molecule has 0 atom stereocenters. The summed E-state index contributed by atoms with van der Waals surface area (Å²) >= 11 is 0. The van der Waals surface area contributed by atoms with E-state index in [1.165, 1.54) is 0 Å². The van der Waals surface area contributed by atoms with E-state index in [0.29, 0.717) is 5.56 Å². The van der Waals surface area contributed by atoms with Crippen LogP contribution in [0.2, 0.25) is 0 Å². The third-order valence-corrected chi connectivity index (χ3v) is 1.98. The van der Waals surface area contributed by atoms with Gasteiger partial charge in [-0.1, -0.05) is 19.1 Å². The Kier molecular flexibility index (Phi) is 3.98. The van der Waals surface area contributed by atoms with E-state index in [-0.39, 0.29) is 5.91 Å². The quantitative estimate of drug-likeness (QED) is 0.764. The Hall–Kier alpha value is -1.51. The largest absolute Gasteiger partial charge is 0.387 e. The van der Waals surface area contributed by atoms with Crippen LogP contribution >= 0.6 is 0 Å². The Morgan fingerprint density at radius 3 is 2.71 bits per heavy atom. The second-order valence-electron chi connectivity index (χ2n) is 3.05. The number of carbonyl (C=O) groups excluding carboxylic acids is 1. The van der Waals surface area contributed by atoms with Crippen LogP contribution in [0.15, 0.2) is 24.3 Å². The summed E-state index contributed by atoms with van der Waals surface area (Å²) < 4.78 is 0. The number of hydrogen-bond donors (Lipinski definition) is 2. The van der Waals surface area contributed by atoms with Crippen LogP contribution in [0, 0.1) is 0 Å². The number of nitrogens with one attached hydrogen (secondary N) is 2. The first-order chi connectivity index (χ1) is 6.79. The van der Waals surface area contributed by atoms with Gasteiger partial charge in [0, 0.05) is 19.3 Å². The zero-order valence-electron chi connectivity index (χ0n) is 8.63. The predicted molar refractivity (Wildman–Crippen MR) is 58.6 cm³/mol. The number of anilines is 1. The van der Waals surface area contributed by atoms with Gasteiger partial charge in [-0.3, -0.25) is 4.79 Å². The smallest absolute Gasteiger partial charge is 0.253 e. The molecule has 0 aliphatic heterocycles. The highest BCUT2D eigenvalue weighted by molar-refractivity contribution is 5.99. The molecule has 76 valence electrons. The van der Waals surface area contributed by atoms with Crippen molar-refractivity contribution in [3.05, 3.63) is 29.8 Å². The van der Waals surface area contributed by atoms with Gasteiger partial charge in [0.15, 0.2) is 0 Å². The average molecular weight is 192 g/mol. The molecule has 1 aromatic carbocycles. The summed E-state index contributed by atoms with van der Waals surface area (Å²) in [7, 11) is 1.81. The fourth-order valence-corrected chi connectivity index (χ4v) is 1.23. The third-order valence-electron chi connectivity index (χ3n) is 1.98. The first kappa shape index (κ1) is 10.6. The topological polar surface area (TPSA) is 41.1 Å². The van der Waals surface area contributed by atoms with Gasteiger partial charge in [0.25, 0.3) is 5.91 Å². The van der Waals surface area contributed by atoms with Crippen LogP contribution < -0.4 is 10.6 Å². The van der Waals surface area contributed by atoms with E-state index < -0.39 is 0 Å². The van der Waals surface area contributed by atoms with Crippen molar-refractivity contribution >= 4 is 11.6 Å². The molecule has 0 spiro atoms. The van der Waals surface area contributed by atoms with E-state index in [2.05, 4.69) is 10.6 Å². The fraction of sp³-hybridized carbons (Fsp3) is 0.364. The fourth-order valence-electron chi connectivity index (χ4n) is 1.23. The van der Waals surface area contributed by atoms with Crippen molar-refractivity contribution in [3.63, 3.8) is 0 Å². The van der Waals surface area contributed by atoms with Crippen LogP contribution in [0.3, 0.4) is 0 Å². The molecule has 0 bridgehead atoms. The molecule has 3 heteroatoms. The molecule has 0 aromatic heterocycles. The second-order valence-corrected chi connectivity index (χ2v) is 3.05. The van der Waals surface area contributed by atoms with Gasteiger partial charge in [-0.05, 0) is 18.6 Å². The standard InChI is InChI=1S/C11H16N2O/c1-3-8-13-11(14)9-6-4-5-7-10(9)12-2/h4-7,12H,3,8H2,1-2H3,(H,13,14). The number of para-hydroxylation sites is 1. The lowest BCUT2D eigenvalue weighted by Gasteiger charge is -2.08. The first-order valence-corrected chi connectivity index (χ1v) is 4.84. The Morgan fingerprint density at radius 2 is 2.07 bits per heavy atom. The summed E-state index contributed by atoms with van der Waals surface area (Å²) in [5, 5.41) is 5.84. The van der Waals surface area contributed by atoms with E-state index in [4.69, 9.17) is 0 Å². The van der Waals surface area contributed by atoms with E-state index in [1.54, 1.807) is 0 Å². The highest BCUT2D eigenvalue weighted by Gasteiger charge is 2.07. The molecule has 0 saturated heterocycles. The summed E-state index contributed by atoms with van der Waals surface area (Å²) in [6.45, 7) is 2.75. The number of benzene rings is 1. The molecule has 0 radical (unpaired) electrons. The van der Waals surface area contributed by atoms with Crippen LogP contribution in [0.4, 0.5) is 5.69 Å². The summed E-state index contributed by atoms with van der Waals surface area (Å²) in [6, 6.07) is 7.47. The zero-order valence-corrected chi connectivity index (χ0v) is 8.63. The molecule has 0 saturated carbocycles. The average Bonchev–Trinajstić information content (AvgIpc) is 2.25. The van der Waals surface area contributed by atoms with E-state index in [9.17, 15) is 4.79 Å². The van der Waals surface area contributed by atoms with Crippen molar-refractivity contribution < 1.29 is 4.79 Å². The molecule has 0 aliphatic rings. The van der Waals surface area contributed by atoms with Gasteiger partial charge in [0.2, 0.25) is 0 Å². The Bertz CT molecular complexity index is 310. The minimum absolute atomic E-state index is 0.0169. The number of hydrogen-bond acceptors (Lipinski definition) is 2. The van der Waals surface area contributed by atoms with Crippen molar-refractivity contribution in [2.75, 3.05) is 18.9 Å². The van der Waals surface area contributed by atoms with Crippen molar-refractivity contribution in [3.8, 4) is 0 Å². The molecule has 2 N–H and O–H groups in total. The SMILES string of the molecule is CCCNC(=O)c1ccccc1NC. The molecule has 1 rings (SSSR count). The molecular formula is C11H16N2O. The summed E-state index contributed by atoms with van der Waals surface area (Å²) in [4.78, 5) is 11.6. The van der Waals surface area contributed by atoms with E-state index >= 15 is 0 Å². The van der Waals surface area contributed by atoms with Crippen molar-refractivity contribution in [2.45, 2.75) is 13.3 Å². The maximum absolute atomic E-state index is 11.6. The van der Waals surface area contributed by atoms with Crippen molar-refractivity contribution in [1.82, 2.24) is 5.32 Å². The van der Waals surface area contributed by atoms with Crippen LogP contribution in [0.5, 0.6) is 0 Å². The highest BCUT2D eigenvalue weighted by Crippen LogP contribution is 2.13. The Labute approximate surface area is 84.5 Å². The predicted octanol–water partition coefficient (Wildman–Crippen LogP) is 1.87. The molecule has 0 aliphatic carbocycles. The maximum Gasteiger partial charge on any atom is 0.253 e. The van der Waals surface area contributed by atoms with E-state index in [1.807, 2.05) is 38.2 Å². The molecule has 3 nitrogen and oxygen atoms in total. The molecular weight excluding hydrogens is 176 g/mol. The summed E-state index contributed by atoms with van der Waals surface area (Å²) in [5.41, 5.74) is 1.56. The first-order valence-electron chi connectivity index (χ1n) is 4.84. The second kappa shape index (κ2) is 5.27. The molecule has 1 amide bonds. The lowest BCUT2D eigenvalue weighted by Crippen LogP contribution is -2.24. The summed E-state index contributed by atoms with van der Waals surface area (Å²) in [6.07, 6.45) is 0.952. The van der Waals surface area contributed by atoms with Gasteiger partial charge in [-0.2, -0.15) is 0 Å². The Balaban J connectivity index is 2.78. The number of amides is 1. The lowest BCUT2D eigenvalue weighted by atomic mass is 10.1. The van der Waals surface area contributed by atoms with Gasteiger partial charge >= 0.3 is 0 Å². The van der Waals surface area contributed by atoms with Crippen LogP contribution in [0.25, 0.3) is 0 Å². The zero-order chi connectivity index (χ0) is 10.4. The molecule has 1 aromatic rings. The third kappa shape index (κ3) is 2.49. The number of rotatable bonds is 4. The van der Waals surface area contributed by atoms with Gasteiger partial charge in [-0.25, -0.2) is 0 Å². The molecule has 14 heavy (non-hydrogen) atoms. The van der Waals surface area contributed by atoms with E-state index in [0.717, 1.165) is 18.7 Å². The molecule has 0 unspecified atom stereocenters. The van der Waals surface area contributed by atoms with Crippen molar-refractivity contribution in [1.29, 1.82) is 0 Å². The van der Waals surface area contributed by atoms with Gasteiger partial charge in [-0.15, -0.1) is 0 Å². The van der Waals surface area contributed by atoms with Gasteiger partial charge < -0.3 is 10.6 Å². The minimum atomic E-state index is -0.0169. The Morgan fingerprint density at radius 1 is 1.36 bits per heavy atom. The maximum atomic E-state index is 11.6. The van der Waals surface area contributed by atoms with Crippen LogP contribution in [0.1, 0.15) is 23.7 Å².